The molecule has 1 spiro atoms. The van der Waals surface area contributed by atoms with Gasteiger partial charge in [-0.25, -0.2) is 0 Å². The largest absolute Gasteiger partial charge is 0.481 e. The lowest BCUT2D eigenvalue weighted by molar-refractivity contribution is -0.149. The van der Waals surface area contributed by atoms with E-state index < -0.39 is 28.6 Å². The Labute approximate surface area is 199 Å². The minimum atomic E-state index is -0.954. The molecule has 0 saturated carbocycles. The van der Waals surface area contributed by atoms with Crippen LogP contribution in [0.25, 0.3) is 0 Å². The molecule has 33 heavy (non-hydrogen) atoms. The van der Waals surface area contributed by atoms with E-state index in [0.717, 1.165) is 13.1 Å². The maximum Gasteiger partial charge on any atom is 0.308 e. The molecule has 4 fully saturated rings. The zero-order valence-corrected chi connectivity index (χ0v) is 20.0. The molecule has 9 nitrogen and oxygen atoms in total. The fraction of sp³-hybridized carbons (Fsp3) is 0.783. The first-order chi connectivity index (χ1) is 15.9. The molecule has 2 amide bonds. The standard InChI is InChI=1S/C23H35N3O6S/c1-3-5-25(8-7-24-9-12-32-13-10-24)21(29)19-23-15(2)14-16(33-23)17(22(30)31)18(23)20(28)26(19)6-4-11-27/h3,15-19,27H,1,4-14H2,2H3,(H,30,31)/t15?,16-,17+,18+,19?,23?/m1/s1. The third-order valence-electron chi connectivity index (χ3n) is 7.77. The lowest BCUT2D eigenvalue weighted by Crippen LogP contribution is -2.58. The fourth-order valence-corrected chi connectivity index (χ4v) is 8.68. The van der Waals surface area contributed by atoms with Gasteiger partial charge >= 0.3 is 5.97 Å². The molecule has 0 aromatic rings. The SMILES string of the molecule is C=CCN(CCN1CCOCC1)C(=O)C1N(CCCO)C(=O)[C@@H]2[C@@H](C(=O)O)[C@H]3CC(C)C12S3. The summed E-state index contributed by atoms with van der Waals surface area (Å²) in [6, 6.07) is -0.722. The van der Waals surface area contributed by atoms with Crippen LogP contribution in [0.2, 0.25) is 0 Å². The number of carboxylic acids is 1. The first-order valence-corrected chi connectivity index (χ1v) is 12.8. The Morgan fingerprint density at radius 3 is 2.70 bits per heavy atom. The Kier molecular flexibility index (Phi) is 7.38. The minimum absolute atomic E-state index is 0.0509. The number of carbonyl (C=O) groups is 3. The van der Waals surface area contributed by atoms with Crippen LogP contribution in [0.15, 0.2) is 12.7 Å². The highest BCUT2D eigenvalue weighted by atomic mass is 32.2. The Morgan fingerprint density at radius 1 is 1.33 bits per heavy atom. The molecule has 3 unspecified atom stereocenters. The number of hydrogen-bond donors (Lipinski definition) is 2. The van der Waals surface area contributed by atoms with E-state index in [4.69, 9.17) is 4.74 Å². The topological polar surface area (TPSA) is 111 Å². The highest BCUT2D eigenvalue weighted by Gasteiger charge is 2.76. The van der Waals surface area contributed by atoms with Crippen LogP contribution in [0.3, 0.4) is 0 Å². The molecule has 2 N–H and O–H groups in total. The van der Waals surface area contributed by atoms with Crippen molar-refractivity contribution in [3.05, 3.63) is 12.7 Å². The van der Waals surface area contributed by atoms with Gasteiger partial charge < -0.3 is 24.7 Å². The number of amides is 2. The third-order valence-corrected chi connectivity index (χ3v) is 9.85. The molecular formula is C23H35N3O6S. The van der Waals surface area contributed by atoms with Crippen LogP contribution in [0, 0.1) is 17.8 Å². The van der Waals surface area contributed by atoms with E-state index in [1.54, 1.807) is 27.6 Å². The summed E-state index contributed by atoms with van der Waals surface area (Å²) in [6.45, 7) is 10.6. The van der Waals surface area contributed by atoms with Gasteiger partial charge in [-0.3, -0.25) is 19.3 Å². The van der Waals surface area contributed by atoms with Gasteiger partial charge in [-0.05, 0) is 18.8 Å². The van der Waals surface area contributed by atoms with E-state index in [1.165, 1.54) is 0 Å². The Morgan fingerprint density at radius 2 is 2.06 bits per heavy atom. The normalized spacial score (nSPS) is 35.6. The number of nitrogens with zero attached hydrogens (tertiary/aromatic N) is 3. The Hall–Kier alpha value is -1.62. The van der Waals surface area contributed by atoms with E-state index in [2.05, 4.69) is 11.5 Å². The fourth-order valence-electron chi connectivity index (χ4n) is 6.27. The minimum Gasteiger partial charge on any atom is -0.481 e. The van der Waals surface area contributed by atoms with Crippen LogP contribution >= 0.6 is 11.8 Å². The second-order valence-electron chi connectivity index (χ2n) is 9.53. The monoisotopic (exact) mass is 481 g/mol. The van der Waals surface area contributed by atoms with Crippen LogP contribution < -0.4 is 0 Å². The van der Waals surface area contributed by atoms with Crippen LogP contribution in [-0.4, -0.2) is 118 Å². The van der Waals surface area contributed by atoms with Gasteiger partial charge in [-0.2, -0.15) is 0 Å². The molecule has 4 saturated heterocycles. The lowest BCUT2D eigenvalue weighted by atomic mass is 9.66. The average molecular weight is 482 g/mol. The molecule has 0 radical (unpaired) electrons. The molecular weight excluding hydrogens is 446 g/mol. The van der Waals surface area contributed by atoms with E-state index >= 15 is 0 Å². The first kappa shape index (κ1) is 24.5. The number of ether oxygens (including phenoxy) is 1. The number of fused-ring (bicyclic) bond motifs is 1. The summed E-state index contributed by atoms with van der Waals surface area (Å²) in [5.41, 5.74) is 0. The van der Waals surface area contributed by atoms with Crippen molar-refractivity contribution in [1.82, 2.24) is 14.7 Å². The predicted molar refractivity (Wildman–Crippen MR) is 124 cm³/mol. The van der Waals surface area contributed by atoms with Crippen LogP contribution in [0.1, 0.15) is 19.8 Å². The molecule has 0 aliphatic carbocycles. The molecule has 184 valence electrons. The van der Waals surface area contributed by atoms with Crippen molar-refractivity contribution in [3.63, 3.8) is 0 Å². The number of rotatable bonds is 10. The maximum atomic E-state index is 14.1. The number of hydrogen-bond acceptors (Lipinski definition) is 7. The van der Waals surface area contributed by atoms with Crippen molar-refractivity contribution in [2.24, 2.45) is 17.8 Å². The van der Waals surface area contributed by atoms with Crippen LogP contribution in [0.5, 0.6) is 0 Å². The second-order valence-corrected chi connectivity index (χ2v) is 11.1. The molecule has 0 aromatic carbocycles. The second kappa shape index (κ2) is 9.93. The zero-order valence-electron chi connectivity index (χ0n) is 19.2. The molecule has 10 heteroatoms. The smallest absolute Gasteiger partial charge is 0.308 e. The summed E-state index contributed by atoms with van der Waals surface area (Å²) in [6.07, 6.45) is 2.75. The number of morpholine rings is 1. The van der Waals surface area contributed by atoms with E-state index in [9.17, 15) is 24.6 Å². The van der Waals surface area contributed by atoms with Crippen molar-refractivity contribution < 1.29 is 29.3 Å². The van der Waals surface area contributed by atoms with Gasteiger partial charge in [0.25, 0.3) is 0 Å². The van der Waals surface area contributed by atoms with Gasteiger partial charge in [0, 0.05) is 51.1 Å². The summed E-state index contributed by atoms with van der Waals surface area (Å²) in [7, 11) is 0. The molecule has 4 aliphatic rings. The van der Waals surface area contributed by atoms with Gasteiger partial charge in [0.05, 0.1) is 29.8 Å². The quantitative estimate of drug-likeness (QED) is 0.424. The molecule has 2 bridgehead atoms. The van der Waals surface area contributed by atoms with Crippen LogP contribution in [0.4, 0.5) is 0 Å². The number of carbonyl (C=O) groups excluding carboxylic acids is 2. The summed E-state index contributed by atoms with van der Waals surface area (Å²) >= 11 is 1.55. The molecule has 4 heterocycles. The number of aliphatic hydroxyl groups excluding tert-OH is 1. The first-order valence-electron chi connectivity index (χ1n) is 11.9. The van der Waals surface area contributed by atoms with Gasteiger partial charge in [0.15, 0.2) is 0 Å². The van der Waals surface area contributed by atoms with Gasteiger partial charge in [0.1, 0.15) is 6.04 Å². The summed E-state index contributed by atoms with van der Waals surface area (Å²) in [4.78, 5) is 45.4. The highest BCUT2D eigenvalue weighted by Crippen LogP contribution is 2.68. The molecule has 4 aliphatic heterocycles. The number of carboxylic acid groups (broad SMARTS) is 1. The van der Waals surface area contributed by atoms with Crippen molar-refractivity contribution in [2.45, 2.75) is 35.8 Å². The molecule has 0 aromatic heterocycles. The maximum absolute atomic E-state index is 14.1. The highest BCUT2D eigenvalue weighted by molar-refractivity contribution is 8.02. The number of likely N-dealkylation sites (tertiary alicyclic amines) is 1. The number of aliphatic carboxylic acids is 1. The number of thioether (sulfide) groups is 1. The Bertz CT molecular complexity index is 790. The summed E-state index contributed by atoms with van der Waals surface area (Å²) < 4.78 is 4.67. The van der Waals surface area contributed by atoms with Gasteiger partial charge in [0.2, 0.25) is 11.8 Å². The van der Waals surface area contributed by atoms with E-state index in [0.29, 0.717) is 45.7 Å². The van der Waals surface area contributed by atoms with Crippen molar-refractivity contribution in [1.29, 1.82) is 0 Å². The lowest BCUT2D eigenvalue weighted by Gasteiger charge is -2.40. The van der Waals surface area contributed by atoms with Gasteiger partial charge in [-0.15, -0.1) is 18.3 Å². The Balaban J connectivity index is 1.64. The van der Waals surface area contributed by atoms with E-state index in [1.807, 2.05) is 6.92 Å². The van der Waals surface area contributed by atoms with Crippen LogP contribution in [-0.2, 0) is 19.1 Å². The van der Waals surface area contributed by atoms with Crippen molar-refractivity contribution in [3.8, 4) is 0 Å². The molecule has 6 atom stereocenters. The van der Waals surface area contributed by atoms with Gasteiger partial charge in [-0.1, -0.05) is 13.0 Å². The predicted octanol–water partition coefficient (Wildman–Crippen LogP) is 0.137. The third kappa shape index (κ3) is 4.09. The number of aliphatic hydroxyl groups is 1. The molecule has 4 rings (SSSR count). The van der Waals surface area contributed by atoms with E-state index in [-0.39, 0.29) is 36.1 Å². The summed E-state index contributed by atoms with van der Waals surface area (Å²) in [5, 5.41) is 19.2. The summed E-state index contributed by atoms with van der Waals surface area (Å²) in [5.74, 6) is -2.76. The average Bonchev–Trinajstić information content (AvgIpc) is 3.39. The van der Waals surface area contributed by atoms with Crippen molar-refractivity contribution in [2.75, 3.05) is 59.1 Å². The zero-order chi connectivity index (χ0) is 23.8. The van der Waals surface area contributed by atoms with Crippen molar-refractivity contribution >= 4 is 29.5 Å².